The zero-order chi connectivity index (χ0) is 11.0. The molecular formula is C10H20N2O2. The maximum atomic E-state index is 9.00. The van der Waals surface area contributed by atoms with Gasteiger partial charge in [-0.25, -0.2) is 0 Å². The van der Waals surface area contributed by atoms with Crippen LogP contribution in [0.3, 0.4) is 0 Å². The molecule has 0 aromatic carbocycles. The predicted molar refractivity (Wildman–Crippen MR) is 54.6 cm³/mol. The summed E-state index contributed by atoms with van der Waals surface area (Å²) in [6.45, 7) is 4.79. The molecule has 1 unspecified atom stereocenters. The Labute approximate surface area is 85.6 Å². The van der Waals surface area contributed by atoms with Crippen LogP contribution >= 0.6 is 0 Å². The first kappa shape index (κ1) is 13.4. The number of aliphatic hydroxyl groups is 2. The van der Waals surface area contributed by atoms with Crippen molar-refractivity contribution in [2.24, 2.45) is 5.41 Å². The average Bonchev–Trinajstić information content (AvgIpc) is 2.17. The Balaban J connectivity index is 3.35. The van der Waals surface area contributed by atoms with Crippen molar-refractivity contribution in [1.29, 1.82) is 5.26 Å². The molecule has 0 saturated heterocycles. The van der Waals surface area contributed by atoms with Crippen LogP contribution in [-0.2, 0) is 0 Å². The quantitative estimate of drug-likeness (QED) is 0.515. The van der Waals surface area contributed by atoms with Crippen LogP contribution in [0.4, 0.5) is 0 Å². The number of hydrogen-bond acceptors (Lipinski definition) is 4. The smallest absolute Gasteiger partial charge is 0.0894 e. The van der Waals surface area contributed by atoms with Crippen molar-refractivity contribution in [3.8, 4) is 6.07 Å². The summed E-state index contributed by atoms with van der Waals surface area (Å²) in [5.74, 6) is 0. The monoisotopic (exact) mass is 200 g/mol. The molecule has 0 aliphatic rings. The minimum absolute atomic E-state index is 0.212. The van der Waals surface area contributed by atoms with Gasteiger partial charge in [0.25, 0.3) is 0 Å². The SMILES string of the molecule is CC(C)(C#N)CCCNCC(O)CO. The highest BCUT2D eigenvalue weighted by atomic mass is 16.3. The predicted octanol–water partition coefficient (Wildman–Crippen LogP) is 0.259. The van der Waals surface area contributed by atoms with Crippen LogP contribution in [0.5, 0.6) is 0 Å². The second-order valence-electron chi connectivity index (χ2n) is 4.14. The summed E-state index contributed by atoms with van der Waals surface area (Å²) in [6.07, 6.45) is 1.06. The minimum Gasteiger partial charge on any atom is -0.394 e. The zero-order valence-electron chi connectivity index (χ0n) is 8.95. The van der Waals surface area contributed by atoms with E-state index in [1.54, 1.807) is 0 Å². The Hall–Kier alpha value is -0.630. The van der Waals surface area contributed by atoms with Crippen LogP contribution in [0.1, 0.15) is 26.7 Å². The fraction of sp³-hybridized carbons (Fsp3) is 0.900. The highest BCUT2D eigenvalue weighted by molar-refractivity contribution is 4.91. The van der Waals surface area contributed by atoms with Gasteiger partial charge in [0.15, 0.2) is 0 Å². The molecule has 14 heavy (non-hydrogen) atoms. The summed E-state index contributed by atoms with van der Waals surface area (Å²) < 4.78 is 0. The third kappa shape index (κ3) is 6.84. The second kappa shape index (κ2) is 6.77. The van der Waals surface area contributed by atoms with Crippen molar-refractivity contribution in [2.45, 2.75) is 32.8 Å². The number of rotatable bonds is 7. The molecule has 0 saturated carbocycles. The molecule has 0 rings (SSSR count). The lowest BCUT2D eigenvalue weighted by Gasteiger charge is -2.15. The molecule has 1 atom stereocenters. The first-order valence-corrected chi connectivity index (χ1v) is 4.93. The first-order chi connectivity index (χ1) is 6.52. The Morgan fingerprint density at radius 3 is 2.64 bits per heavy atom. The van der Waals surface area contributed by atoms with Gasteiger partial charge in [-0.15, -0.1) is 0 Å². The Morgan fingerprint density at radius 2 is 2.14 bits per heavy atom. The van der Waals surface area contributed by atoms with E-state index in [1.165, 1.54) is 0 Å². The fourth-order valence-corrected chi connectivity index (χ4v) is 1.04. The Kier molecular flexibility index (Phi) is 6.46. The normalized spacial score (nSPS) is 13.6. The lowest BCUT2D eigenvalue weighted by atomic mass is 9.90. The lowest BCUT2D eigenvalue weighted by molar-refractivity contribution is 0.0944. The molecule has 0 aromatic heterocycles. The van der Waals surface area contributed by atoms with Crippen molar-refractivity contribution >= 4 is 0 Å². The fourth-order valence-electron chi connectivity index (χ4n) is 1.04. The van der Waals surface area contributed by atoms with E-state index in [1.807, 2.05) is 13.8 Å². The van der Waals surface area contributed by atoms with Gasteiger partial charge in [-0.1, -0.05) is 0 Å². The van der Waals surface area contributed by atoms with Crippen molar-refractivity contribution in [1.82, 2.24) is 5.32 Å². The molecule has 4 nitrogen and oxygen atoms in total. The Bertz CT molecular complexity index is 187. The average molecular weight is 200 g/mol. The minimum atomic E-state index is -0.682. The summed E-state index contributed by atoms with van der Waals surface area (Å²) in [6, 6.07) is 2.23. The van der Waals surface area contributed by atoms with Crippen molar-refractivity contribution < 1.29 is 10.2 Å². The lowest BCUT2D eigenvalue weighted by Crippen LogP contribution is -2.30. The van der Waals surface area contributed by atoms with Crippen LogP contribution < -0.4 is 5.32 Å². The van der Waals surface area contributed by atoms with Gasteiger partial charge in [0.1, 0.15) is 0 Å². The van der Waals surface area contributed by atoms with Crippen LogP contribution in [0, 0.1) is 16.7 Å². The highest BCUT2D eigenvalue weighted by Gasteiger charge is 2.15. The molecule has 4 heteroatoms. The molecule has 82 valence electrons. The summed E-state index contributed by atoms with van der Waals surface area (Å²) in [4.78, 5) is 0. The molecule has 0 spiro atoms. The van der Waals surface area contributed by atoms with Gasteiger partial charge in [-0.2, -0.15) is 5.26 Å². The van der Waals surface area contributed by atoms with Gasteiger partial charge < -0.3 is 15.5 Å². The largest absolute Gasteiger partial charge is 0.394 e. The van der Waals surface area contributed by atoms with E-state index in [9.17, 15) is 0 Å². The summed E-state index contributed by atoms with van der Waals surface area (Å²) in [5, 5.41) is 29.3. The first-order valence-electron chi connectivity index (χ1n) is 4.93. The summed E-state index contributed by atoms with van der Waals surface area (Å²) >= 11 is 0. The van der Waals surface area contributed by atoms with E-state index in [4.69, 9.17) is 15.5 Å². The van der Waals surface area contributed by atoms with E-state index in [-0.39, 0.29) is 12.0 Å². The van der Waals surface area contributed by atoms with Gasteiger partial charge in [-0.05, 0) is 33.2 Å². The maximum absolute atomic E-state index is 9.00. The van der Waals surface area contributed by atoms with Gasteiger partial charge in [0, 0.05) is 6.54 Å². The van der Waals surface area contributed by atoms with Gasteiger partial charge in [0.05, 0.1) is 24.2 Å². The van der Waals surface area contributed by atoms with Gasteiger partial charge >= 0.3 is 0 Å². The number of hydrogen-bond donors (Lipinski definition) is 3. The highest BCUT2D eigenvalue weighted by Crippen LogP contribution is 2.19. The number of nitriles is 1. The third-order valence-electron chi connectivity index (χ3n) is 2.05. The molecule has 3 N–H and O–H groups in total. The van der Waals surface area contributed by atoms with Crippen LogP contribution in [0.2, 0.25) is 0 Å². The molecule has 0 aliphatic carbocycles. The van der Waals surface area contributed by atoms with Crippen LogP contribution in [0.15, 0.2) is 0 Å². The number of nitrogens with zero attached hydrogens (tertiary/aromatic N) is 1. The zero-order valence-corrected chi connectivity index (χ0v) is 8.95. The molecule has 0 fully saturated rings. The number of aliphatic hydroxyl groups excluding tert-OH is 2. The molecule has 0 radical (unpaired) electrons. The molecule has 0 bridgehead atoms. The van der Waals surface area contributed by atoms with Gasteiger partial charge in [-0.3, -0.25) is 0 Å². The second-order valence-corrected chi connectivity index (χ2v) is 4.14. The van der Waals surface area contributed by atoms with Crippen LogP contribution in [-0.4, -0.2) is 36.0 Å². The van der Waals surface area contributed by atoms with Crippen molar-refractivity contribution in [2.75, 3.05) is 19.7 Å². The van der Waals surface area contributed by atoms with Crippen LogP contribution in [0.25, 0.3) is 0 Å². The topological polar surface area (TPSA) is 76.3 Å². The molecular weight excluding hydrogens is 180 g/mol. The van der Waals surface area contributed by atoms with E-state index >= 15 is 0 Å². The standard InChI is InChI=1S/C10H20N2O2/c1-10(2,8-11)4-3-5-12-6-9(14)7-13/h9,12-14H,3-7H2,1-2H3. The van der Waals surface area contributed by atoms with Crippen molar-refractivity contribution in [3.05, 3.63) is 0 Å². The third-order valence-corrected chi connectivity index (χ3v) is 2.05. The molecule has 0 aliphatic heterocycles. The van der Waals surface area contributed by atoms with Gasteiger partial charge in [0.2, 0.25) is 0 Å². The Morgan fingerprint density at radius 1 is 1.50 bits per heavy atom. The summed E-state index contributed by atoms with van der Waals surface area (Å²) in [7, 11) is 0. The van der Waals surface area contributed by atoms with E-state index in [0.29, 0.717) is 6.54 Å². The number of nitrogens with one attached hydrogen (secondary N) is 1. The van der Waals surface area contributed by atoms with Crippen molar-refractivity contribution in [3.63, 3.8) is 0 Å². The van der Waals surface area contributed by atoms with E-state index in [0.717, 1.165) is 19.4 Å². The molecule has 0 aromatic rings. The maximum Gasteiger partial charge on any atom is 0.0894 e. The molecule has 0 heterocycles. The summed E-state index contributed by atoms with van der Waals surface area (Å²) in [5.41, 5.74) is -0.267. The van der Waals surface area contributed by atoms with E-state index < -0.39 is 6.10 Å². The van der Waals surface area contributed by atoms with E-state index in [2.05, 4.69) is 11.4 Å². The molecule has 0 amide bonds.